The Morgan fingerprint density at radius 3 is 2.64 bits per heavy atom. The number of carbonyl (C=O) groups excluding carboxylic acids is 1. The Morgan fingerprint density at radius 1 is 1.12 bits per heavy atom. The lowest BCUT2D eigenvalue weighted by atomic mass is 10.2. The van der Waals surface area contributed by atoms with Gasteiger partial charge in [-0.2, -0.15) is 0 Å². The number of amides is 2. The molecule has 0 aliphatic heterocycles. The van der Waals surface area contributed by atoms with Gasteiger partial charge in [-0.3, -0.25) is 0 Å². The molecule has 0 atom stereocenters. The van der Waals surface area contributed by atoms with E-state index >= 15 is 0 Å². The van der Waals surface area contributed by atoms with Gasteiger partial charge < -0.3 is 15.1 Å². The Labute approximate surface area is 151 Å². The summed E-state index contributed by atoms with van der Waals surface area (Å²) >= 11 is 1.62. The summed E-state index contributed by atoms with van der Waals surface area (Å²) in [5.74, 6) is 1.60. The molecule has 0 spiro atoms. The van der Waals surface area contributed by atoms with E-state index in [1.807, 2.05) is 48.8 Å². The monoisotopic (exact) mass is 355 g/mol. The molecule has 0 aliphatic rings. The normalized spacial score (nSPS) is 10.7. The fourth-order valence-corrected chi connectivity index (χ4v) is 3.12. The van der Waals surface area contributed by atoms with Crippen molar-refractivity contribution >= 4 is 34.1 Å². The predicted octanol–water partition coefficient (Wildman–Crippen LogP) is 3.07. The van der Waals surface area contributed by atoms with E-state index in [1.54, 1.807) is 25.4 Å². The minimum atomic E-state index is -0.0970. The Morgan fingerprint density at radius 2 is 1.92 bits per heavy atom. The molecule has 25 heavy (non-hydrogen) atoms. The van der Waals surface area contributed by atoms with Crippen molar-refractivity contribution in [2.24, 2.45) is 0 Å². The Balaban J connectivity index is 1.87. The molecular formula is C18H21N5OS. The topological polar surface area (TPSA) is 61.4 Å². The summed E-state index contributed by atoms with van der Waals surface area (Å²) < 4.78 is 0. The highest BCUT2D eigenvalue weighted by Crippen LogP contribution is 2.28. The molecule has 0 unspecified atom stereocenters. The first-order valence-electron chi connectivity index (χ1n) is 8.03. The molecule has 2 amide bonds. The number of urea groups is 1. The van der Waals surface area contributed by atoms with Gasteiger partial charge in [-0.15, -0.1) is 11.3 Å². The summed E-state index contributed by atoms with van der Waals surface area (Å²) in [7, 11) is 5.43. The van der Waals surface area contributed by atoms with E-state index in [4.69, 9.17) is 4.98 Å². The predicted molar refractivity (Wildman–Crippen MR) is 103 cm³/mol. The first-order chi connectivity index (χ1) is 12.1. The van der Waals surface area contributed by atoms with Crippen molar-refractivity contribution in [3.63, 3.8) is 0 Å². The third kappa shape index (κ3) is 3.88. The lowest BCUT2D eigenvalue weighted by Gasteiger charge is -2.21. The van der Waals surface area contributed by atoms with E-state index in [1.165, 1.54) is 4.90 Å². The van der Waals surface area contributed by atoms with Gasteiger partial charge in [0.2, 0.25) is 0 Å². The van der Waals surface area contributed by atoms with Gasteiger partial charge in [0, 0.05) is 39.6 Å². The zero-order chi connectivity index (χ0) is 17.8. The van der Waals surface area contributed by atoms with Gasteiger partial charge in [0.15, 0.2) is 5.82 Å². The van der Waals surface area contributed by atoms with Crippen molar-refractivity contribution < 1.29 is 4.79 Å². The molecule has 7 heteroatoms. The molecule has 0 saturated carbocycles. The van der Waals surface area contributed by atoms with Crippen LogP contribution in [0.4, 0.5) is 10.6 Å². The number of anilines is 1. The van der Waals surface area contributed by atoms with Crippen LogP contribution in [0.1, 0.15) is 0 Å². The summed E-state index contributed by atoms with van der Waals surface area (Å²) in [6, 6.07) is 11.9. The lowest BCUT2D eigenvalue weighted by Crippen LogP contribution is -2.39. The summed E-state index contributed by atoms with van der Waals surface area (Å²) in [6.07, 6.45) is 0. The van der Waals surface area contributed by atoms with Crippen LogP contribution in [0.2, 0.25) is 0 Å². The smallest absolute Gasteiger partial charge is 0.316 e. The maximum Gasteiger partial charge on any atom is 0.316 e. The van der Waals surface area contributed by atoms with E-state index in [-0.39, 0.29) is 6.03 Å². The Bertz CT molecular complexity index is 863. The van der Waals surface area contributed by atoms with Crippen LogP contribution in [0, 0.1) is 0 Å². The highest BCUT2D eigenvalue weighted by Gasteiger charge is 2.13. The number of benzene rings is 1. The van der Waals surface area contributed by atoms with Gasteiger partial charge in [-0.05, 0) is 23.6 Å². The summed E-state index contributed by atoms with van der Waals surface area (Å²) in [4.78, 5) is 25.7. The van der Waals surface area contributed by atoms with Crippen LogP contribution in [0.5, 0.6) is 0 Å². The molecule has 3 aromatic rings. The standard InChI is InChI=1S/C18H21N5OS/c1-22(2)18(24)19-10-11-23(3)17-13-7-4-5-8-14(13)20-16(21-17)15-9-6-12-25-15/h4-9,12H,10-11H2,1-3H3,(H,19,24). The number of rotatable bonds is 5. The van der Waals surface area contributed by atoms with Crippen LogP contribution < -0.4 is 10.2 Å². The molecule has 1 aromatic carbocycles. The first-order valence-corrected chi connectivity index (χ1v) is 8.91. The second-order valence-corrected chi connectivity index (χ2v) is 6.86. The molecule has 6 nitrogen and oxygen atoms in total. The average Bonchev–Trinajstić information content (AvgIpc) is 3.15. The number of hydrogen-bond donors (Lipinski definition) is 1. The van der Waals surface area contributed by atoms with E-state index in [9.17, 15) is 4.79 Å². The van der Waals surface area contributed by atoms with Gasteiger partial charge >= 0.3 is 6.03 Å². The molecule has 130 valence electrons. The molecule has 3 rings (SSSR count). The van der Waals surface area contributed by atoms with Crippen molar-refractivity contribution in [2.45, 2.75) is 0 Å². The zero-order valence-corrected chi connectivity index (χ0v) is 15.4. The number of aromatic nitrogens is 2. The second-order valence-electron chi connectivity index (χ2n) is 5.91. The fraction of sp³-hybridized carbons (Fsp3) is 0.278. The van der Waals surface area contributed by atoms with Crippen molar-refractivity contribution in [3.8, 4) is 10.7 Å². The molecule has 0 saturated heterocycles. The third-order valence-corrected chi connectivity index (χ3v) is 4.68. The van der Waals surface area contributed by atoms with E-state index in [0.717, 1.165) is 27.4 Å². The van der Waals surface area contributed by atoms with Crippen LogP contribution in [-0.4, -0.2) is 55.1 Å². The minimum Gasteiger partial charge on any atom is -0.357 e. The molecule has 1 N–H and O–H groups in total. The summed E-state index contributed by atoms with van der Waals surface area (Å²) in [5.41, 5.74) is 0.917. The summed E-state index contributed by atoms with van der Waals surface area (Å²) in [5, 5.41) is 5.90. The van der Waals surface area contributed by atoms with Crippen molar-refractivity contribution in [3.05, 3.63) is 41.8 Å². The molecular weight excluding hydrogens is 334 g/mol. The van der Waals surface area contributed by atoms with E-state index < -0.39 is 0 Å². The molecule has 2 aromatic heterocycles. The maximum atomic E-state index is 11.7. The Hall–Kier alpha value is -2.67. The van der Waals surface area contributed by atoms with Gasteiger partial charge in [-0.1, -0.05) is 18.2 Å². The van der Waals surface area contributed by atoms with Crippen LogP contribution in [0.3, 0.4) is 0 Å². The van der Waals surface area contributed by atoms with Crippen LogP contribution in [0.25, 0.3) is 21.6 Å². The van der Waals surface area contributed by atoms with E-state index in [2.05, 4.69) is 15.2 Å². The number of nitrogens with one attached hydrogen (secondary N) is 1. The van der Waals surface area contributed by atoms with Gasteiger partial charge in [0.05, 0.1) is 10.4 Å². The van der Waals surface area contributed by atoms with Gasteiger partial charge in [-0.25, -0.2) is 14.8 Å². The first kappa shape index (κ1) is 17.2. The highest BCUT2D eigenvalue weighted by atomic mass is 32.1. The summed E-state index contributed by atoms with van der Waals surface area (Å²) in [6.45, 7) is 1.20. The minimum absolute atomic E-state index is 0.0970. The van der Waals surface area contributed by atoms with Gasteiger partial charge in [0.1, 0.15) is 5.82 Å². The third-order valence-electron chi connectivity index (χ3n) is 3.82. The number of nitrogens with zero attached hydrogens (tertiary/aromatic N) is 4. The SMILES string of the molecule is CN(C)C(=O)NCCN(C)c1nc(-c2cccs2)nc2ccccc12. The maximum absolute atomic E-state index is 11.7. The molecule has 0 fully saturated rings. The largest absolute Gasteiger partial charge is 0.357 e. The second kappa shape index (κ2) is 7.48. The quantitative estimate of drug-likeness (QED) is 0.764. The number of fused-ring (bicyclic) bond motifs is 1. The van der Waals surface area contributed by atoms with Crippen molar-refractivity contribution in [2.75, 3.05) is 39.1 Å². The van der Waals surface area contributed by atoms with Crippen LogP contribution in [-0.2, 0) is 0 Å². The van der Waals surface area contributed by atoms with Crippen molar-refractivity contribution in [1.29, 1.82) is 0 Å². The molecule has 2 heterocycles. The van der Waals surface area contributed by atoms with Crippen LogP contribution in [0.15, 0.2) is 41.8 Å². The van der Waals surface area contributed by atoms with Gasteiger partial charge in [0.25, 0.3) is 0 Å². The number of carbonyl (C=O) groups is 1. The number of hydrogen-bond acceptors (Lipinski definition) is 5. The molecule has 0 aliphatic carbocycles. The number of thiophene rings is 1. The van der Waals surface area contributed by atoms with Crippen molar-refractivity contribution in [1.82, 2.24) is 20.2 Å². The fourth-order valence-electron chi connectivity index (χ4n) is 2.46. The van der Waals surface area contributed by atoms with E-state index in [0.29, 0.717) is 13.1 Å². The Kier molecular flexibility index (Phi) is 5.14. The average molecular weight is 355 g/mol. The number of para-hydroxylation sites is 1. The van der Waals surface area contributed by atoms with Crippen LogP contribution >= 0.6 is 11.3 Å². The zero-order valence-electron chi connectivity index (χ0n) is 14.6. The lowest BCUT2D eigenvalue weighted by molar-refractivity contribution is 0.217. The molecule has 0 radical (unpaired) electrons. The molecule has 0 bridgehead atoms. The highest BCUT2D eigenvalue weighted by molar-refractivity contribution is 7.13. The number of likely N-dealkylation sites (N-methyl/N-ethyl adjacent to an activating group) is 1.